The number of nitrogens with one attached hydrogen (secondary N) is 3. The first-order chi connectivity index (χ1) is 19.9. The van der Waals surface area contributed by atoms with Crippen molar-refractivity contribution in [3.05, 3.63) is 35.7 Å². The fourth-order valence-electron chi connectivity index (χ4n) is 8.50. The Balaban J connectivity index is 1.07. The average molecular weight is 576 g/mol. The van der Waals surface area contributed by atoms with E-state index in [1.807, 2.05) is 19.2 Å². The Morgan fingerprint density at radius 3 is 2.63 bits per heavy atom. The van der Waals surface area contributed by atoms with Crippen LogP contribution in [0, 0.1) is 40.4 Å². The van der Waals surface area contributed by atoms with E-state index in [1.54, 1.807) is 18.0 Å². The second kappa shape index (κ2) is 12.1. The van der Waals surface area contributed by atoms with Crippen LogP contribution in [-0.4, -0.2) is 50.5 Å². The summed E-state index contributed by atoms with van der Waals surface area (Å²) in [7, 11) is 0. The molecule has 5 aliphatic rings. The van der Waals surface area contributed by atoms with E-state index >= 15 is 0 Å². The molecule has 5 atom stereocenters. The lowest BCUT2D eigenvalue weighted by Gasteiger charge is -2.60. The second-order valence-electron chi connectivity index (χ2n) is 13.5. The minimum Gasteiger partial charge on any atom is -0.390 e. The number of thioether (sulfide) groups is 1. The zero-order chi connectivity index (χ0) is 28.5. The van der Waals surface area contributed by atoms with Crippen LogP contribution in [0.25, 0.3) is 0 Å². The zero-order valence-electron chi connectivity index (χ0n) is 24.5. The molecule has 4 N–H and O–H groups in total. The third-order valence-corrected chi connectivity index (χ3v) is 11.3. The van der Waals surface area contributed by atoms with Gasteiger partial charge in [0, 0.05) is 30.9 Å². The highest BCUT2D eigenvalue weighted by atomic mass is 32.2. The molecule has 220 valence electrons. The molecular weight excluding hydrogens is 530 g/mol. The molecule has 7 rings (SSSR count). The highest BCUT2D eigenvalue weighted by Gasteiger charge is 2.55. The van der Waals surface area contributed by atoms with Gasteiger partial charge in [0.05, 0.1) is 11.8 Å². The number of aromatic nitrogens is 3. The molecule has 0 spiro atoms. The van der Waals surface area contributed by atoms with E-state index in [2.05, 4.69) is 45.0 Å². The smallest absolute Gasteiger partial charge is 0.224 e. The molecule has 0 amide bonds. The number of rotatable bonds is 11. The molecule has 2 aromatic rings. The number of pyridine rings is 1. The molecule has 1 unspecified atom stereocenters. The minimum atomic E-state index is -0.457. The quantitative estimate of drug-likeness (QED) is 0.254. The number of aliphatic hydroxyl groups is 1. The van der Waals surface area contributed by atoms with Gasteiger partial charge < -0.3 is 21.1 Å². The van der Waals surface area contributed by atoms with Gasteiger partial charge in [0.2, 0.25) is 5.95 Å². The van der Waals surface area contributed by atoms with Crippen LogP contribution < -0.4 is 16.0 Å². The summed E-state index contributed by atoms with van der Waals surface area (Å²) in [4.78, 5) is 13.7. The standard InChI is InChI=1S/C32H45N7OS/c1-3-41-29-23(5-4-10-34-29)18-36-30-37-19-26(16-33)28(39-30)38-20-32-13-22-11-24(14-32)27(25(12-22)15-32)35-17-21-6-8-31(2,40)9-7-21/h4-5,10,19,21-22,24-25,27,35,40H,3,6-9,11-15,17-18,20H2,1-2H3,(H2,36,37,38,39)/t21-,22?,24-,25+,27-,31+,32-. The van der Waals surface area contributed by atoms with Gasteiger partial charge in [-0.25, -0.2) is 9.97 Å². The van der Waals surface area contributed by atoms with E-state index in [0.717, 1.165) is 72.9 Å². The van der Waals surface area contributed by atoms with Gasteiger partial charge in [0.15, 0.2) is 0 Å². The predicted molar refractivity (Wildman–Crippen MR) is 164 cm³/mol. The molecule has 5 fully saturated rings. The average Bonchev–Trinajstić information content (AvgIpc) is 2.96. The van der Waals surface area contributed by atoms with Crippen molar-refractivity contribution in [2.45, 2.75) is 94.8 Å². The number of hydrogen-bond acceptors (Lipinski definition) is 9. The first kappa shape index (κ1) is 28.7. The second-order valence-corrected chi connectivity index (χ2v) is 14.8. The predicted octanol–water partition coefficient (Wildman–Crippen LogP) is 5.60. The first-order valence-corrected chi connectivity index (χ1v) is 16.6. The van der Waals surface area contributed by atoms with Crippen LogP contribution in [0.1, 0.15) is 82.8 Å². The fourth-order valence-corrected chi connectivity index (χ4v) is 9.24. The highest BCUT2D eigenvalue weighted by Crippen LogP contribution is 2.60. The van der Waals surface area contributed by atoms with Gasteiger partial charge >= 0.3 is 0 Å². The van der Waals surface area contributed by atoms with E-state index < -0.39 is 5.60 Å². The minimum absolute atomic E-state index is 0.283. The molecule has 0 radical (unpaired) electrons. The van der Waals surface area contributed by atoms with Gasteiger partial charge in [-0.15, -0.1) is 11.8 Å². The molecule has 5 saturated carbocycles. The van der Waals surface area contributed by atoms with Crippen LogP contribution in [0.15, 0.2) is 29.6 Å². The van der Waals surface area contributed by atoms with Crippen molar-refractivity contribution in [2.75, 3.05) is 29.5 Å². The third kappa shape index (κ3) is 6.50. The van der Waals surface area contributed by atoms with E-state index in [1.165, 1.54) is 32.1 Å². The Kier molecular flexibility index (Phi) is 8.44. The van der Waals surface area contributed by atoms with Crippen molar-refractivity contribution in [3.8, 4) is 6.07 Å². The van der Waals surface area contributed by atoms with Gasteiger partial charge in [-0.2, -0.15) is 10.2 Å². The highest BCUT2D eigenvalue weighted by molar-refractivity contribution is 7.99. The summed E-state index contributed by atoms with van der Waals surface area (Å²) in [5.41, 5.74) is 1.44. The van der Waals surface area contributed by atoms with Crippen molar-refractivity contribution >= 4 is 23.5 Å². The summed E-state index contributed by atoms with van der Waals surface area (Å²) in [6, 6.07) is 6.95. The monoisotopic (exact) mass is 575 g/mol. The van der Waals surface area contributed by atoms with Crippen molar-refractivity contribution in [2.24, 2.45) is 29.1 Å². The fraction of sp³-hybridized carbons (Fsp3) is 0.688. The zero-order valence-corrected chi connectivity index (χ0v) is 25.3. The summed E-state index contributed by atoms with van der Waals surface area (Å²) in [6.45, 7) is 6.68. The molecule has 5 aliphatic carbocycles. The van der Waals surface area contributed by atoms with Crippen LogP contribution in [0.3, 0.4) is 0 Å². The normalized spacial score (nSPS) is 33.9. The summed E-state index contributed by atoms with van der Waals surface area (Å²) in [5, 5.41) is 32.1. The molecule has 2 aromatic heterocycles. The lowest BCUT2D eigenvalue weighted by molar-refractivity contribution is -0.0711. The van der Waals surface area contributed by atoms with Crippen molar-refractivity contribution < 1.29 is 5.11 Å². The topological polar surface area (TPSA) is 119 Å². The number of nitrogens with zero attached hydrogens (tertiary/aromatic N) is 4. The van der Waals surface area contributed by atoms with Crippen LogP contribution in [0.2, 0.25) is 0 Å². The molecule has 41 heavy (non-hydrogen) atoms. The number of anilines is 2. The van der Waals surface area contributed by atoms with Gasteiger partial charge in [-0.1, -0.05) is 13.0 Å². The van der Waals surface area contributed by atoms with Gasteiger partial charge in [0.25, 0.3) is 0 Å². The van der Waals surface area contributed by atoms with Crippen molar-refractivity contribution in [1.29, 1.82) is 5.26 Å². The summed E-state index contributed by atoms with van der Waals surface area (Å²) < 4.78 is 0. The Bertz CT molecular complexity index is 1240. The number of hydrogen-bond donors (Lipinski definition) is 4. The van der Waals surface area contributed by atoms with Gasteiger partial charge in [0.1, 0.15) is 22.5 Å². The maximum atomic E-state index is 10.3. The summed E-state index contributed by atoms with van der Waals surface area (Å²) in [6.07, 6.45) is 14.1. The Labute approximate surface area is 248 Å². The first-order valence-electron chi connectivity index (χ1n) is 15.6. The van der Waals surface area contributed by atoms with E-state index in [-0.39, 0.29) is 5.41 Å². The van der Waals surface area contributed by atoms with E-state index in [4.69, 9.17) is 4.98 Å². The molecule has 0 aromatic carbocycles. The molecule has 4 bridgehead atoms. The van der Waals surface area contributed by atoms with Crippen molar-refractivity contribution in [1.82, 2.24) is 20.3 Å². The van der Waals surface area contributed by atoms with Crippen LogP contribution in [0.5, 0.6) is 0 Å². The SMILES string of the molecule is CCSc1ncccc1CNc1ncc(C#N)c(NC[C@]23CC4C[C@H](C2)[C@@H](NC[C@H]2CC[C@@](C)(O)CC2)[C@@H](C4)C3)n1. The summed E-state index contributed by atoms with van der Waals surface area (Å²) in [5.74, 6) is 5.13. The largest absolute Gasteiger partial charge is 0.390 e. The van der Waals surface area contributed by atoms with Crippen molar-refractivity contribution in [3.63, 3.8) is 0 Å². The molecule has 2 heterocycles. The molecule has 8 nitrogen and oxygen atoms in total. The molecule has 0 aliphatic heterocycles. The lowest BCUT2D eigenvalue weighted by atomic mass is 9.48. The maximum Gasteiger partial charge on any atom is 0.224 e. The van der Waals surface area contributed by atoms with Gasteiger partial charge in [-0.05, 0) is 112 Å². The van der Waals surface area contributed by atoms with Crippen LogP contribution in [-0.2, 0) is 6.54 Å². The van der Waals surface area contributed by atoms with Crippen LogP contribution in [0.4, 0.5) is 11.8 Å². The molecular formula is C32H45N7OS. The lowest BCUT2D eigenvalue weighted by Crippen LogP contribution is -2.60. The Hall–Kier alpha value is -2.41. The Morgan fingerprint density at radius 1 is 1.12 bits per heavy atom. The number of nitriles is 1. The molecule has 9 heteroatoms. The maximum absolute atomic E-state index is 10.3. The third-order valence-electron chi connectivity index (χ3n) is 10.3. The summed E-state index contributed by atoms with van der Waals surface area (Å²) >= 11 is 1.73. The van der Waals surface area contributed by atoms with E-state index in [9.17, 15) is 10.4 Å². The molecule has 0 saturated heterocycles. The van der Waals surface area contributed by atoms with E-state index in [0.29, 0.717) is 35.8 Å². The van der Waals surface area contributed by atoms with Gasteiger partial charge in [-0.3, -0.25) is 0 Å². The van der Waals surface area contributed by atoms with Crippen LogP contribution >= 0.6 is 11.8 Å². The Morgan fingerprint density at radius 2 is 1.90 bits per heavy atom.